The molecule has 34 heavy (non-hydrogen) atoms. The van der Waals surface area contributed by atoms with Crippen LogP contribution in [0.5, 0.6) is 0 Å². The fourth-order valence-electron chi connectivity index (χ4n) is 4.21. The number of benzene rings is 1. The summed E-state index contributed by atoms with van der Waals surface area (Å²) in [6, 6.07) is 10.4. The summed E-state index contributed by atoms with van der Waals surface area (Å²) < 4.78 is 10.8. The second kappa shape index (κ2) is 19.6. The van der Waals surface area contributed by atoms with Gasteiger partial charge in [-0.2, -0.15) is 0 Å². The fourth-order valence-corrected chi connectivity index (χ4v) is 4.21. The number of methoxy groups -OCH3 is 2. The minimum atomic E-state index is 0.00970. The number of ether oxygens (including phenoxy) is 2. The smallest absolute Gasteiger partial charge is 0.222 e. The molecular weight excluding hydrogens is 426 g/mol. The topological polar surface area (TPSA) is 64.6 Å². The molecule has 1 amide bonds. The average Bonchev–Trinajstić information content (AvgIpc) is 2.80. The van der Waals surface area contributed by atoms with E-state index in [4.69, 9.17) is 9.47 Å². The van der Waals surface area contributed by atoms with Crippen molar-refractivity contribution in [3.63, 3.8) is 0 Å². The van der Waals surface area contributed by atoms with E-state index in [9.17, 15) is 9.59 Å². The second-order valence-corrected chi connectivity index (χ2v) is 9.70. The van der Waals surface area contributed by atoms with Crippen LogP contribution in [0, 0.1) is 11.8 Å². The molecule has 0 heterocycles. The van der Waals surface area contributed by atoms with Gasteiger partial charge in [0.1, 0.15) is 5.78 Å². The normalized spacial score (nSPS) is 15.3. The molecule has 1 aromatic carbocycles. The molecule has 5 atom stereocenters. The van der Waals surface area contributed by atoms with E-state index in [2.05, 4.69) is 45.1 Å². The third-order valence-electron chi connectivity index (χ3n) is 6.30. The first kappa shape index (κ1) is 32.3. The van der Waals surface area contributed by atoms with E-state index in [1.165, 1.54) is 18.4 Å². The van der Waals surface area contributed by atoms with Crippen LogP contribution >= 0.6 is 0 Å². The largest absolute Gasteiger partial charge is 0.381 e. The monoisotopic (exact) mass is 477 g/mol. The van der Waals surface area contributed by atoms with Gasteiger partial charge in [-0.1, -0.05) is 77.3 Å². The van der Waals surface area contributed by atoms with Crippen LogP contribution in [0.2, 0.25) is 0 Å². The SMILES string of the molecule is CCCC(C)C(CC(C)=O)OC.CCCCC(C)C(CC(=O)NC(C)Cc1ccccc1)OC. The number of carbonyl (C=O) groups is 2. The maximum atomic E-state index is 12.2. The molecule has 0 aliphatic heterocycles. The summed E-state index contributed by atoms with van der Waals surface area (Å²) >= 11 is 0. The molecule has 5 nitrogen and oxygen atoms in total. The maximum Gasteiger partial charge on any atom is 0.222 e. The Bertz CT molecular complexity index is 649. The van der Waals surface area contributed by atoms with E-state index in [0.29, 0.717) is 24.7 Å². The molecule has 0 saturated carbocycles. The van der Waals surface area contributed by atoms with Crippen LogP contribution in [0.15, 0.2) is 30.3 Å². The lowest BCUT2D eigenvalue weighted by Gasteiger charge is -2.23. The van der Waals surface area contributed by atoms with Crippen molar-refractivity contribution in [1.82, 2.24) is 5.32 Å². The zero-order valence-electron chi connectivity index (χ0n) is 23.1. The first-order valence-electron chi connectivity index (χ1n) is 13.1. The van der Waals surface area contributed by atoms with Gasteiger partial charge in [-0.25, -0.2) is 0 Å². The molecule has 196 valence electrons. The molecule has 5 heteroatoms. The molecule has 0 saturated heterocycles. The minimum absolute atomic E-state index is 0.00970. The quantitative estimate of drug-likeness (QED) is 0.300. The Kier molecular flexibility index (Phi) is 18.6. The second-order valence-electron chi connectivity index (χ2n) is 9.70. The highest BCUT2D eigenvalue weighted by molar-refractivity contribution is 5.77. The number of unbranched alkanes of at least 4 members (excludes halogenated alkanes) is 1. The standard InChI is InChI=1S/C19H31NO2.C10H20O2/c1-5-6-10-15(2)18(22-4)14-19(21)20-16(3)13-17-11-8-7-9-12-17;1-5-6-8(2)10(12-4)7-9(3)11/h7-9,11-12,15-16,18H,5-6,10,13-14H2,1-4H3,(H,20,21);8,10H,5-7H2,1-4H3. The minimum Gasteiger partial charge on any atom is -0.381 e. The van der Waals surface area contributed by atoms with Crippen molar-refractivity contribution < 1.29 is 19.1 Å². The van der Waals surface area contributed by atoms with Gasteiger partial charge in [0.2, 0.25) is 5.91 Å². The highest BCUT2D eigenvalue weighted by Crippen LogP contribution is 2.18. The Labute approximate surface area is 209 Å². The van der Waals surface area contributed by atoms with Gasteiger partial charge in [0, 0.05) is 26.7 Å². The summed E-state index contributed by atoms with van der Waals surface area (Å²) in [6.07, 6.45) is 7.74. The third-order valence-corrected chi connectivity index (χ3v) is 6.30. The van der Waals surface area contributed by atoms with E-state index >= 15 is 0 Å². The molecule has 0 fully saturated rings. The Morgan fingerprint density at radius 1 is 0.853 bits per heavy atom. The van der Waals surface area contributed by atoms with E-state index < -0.39 is 0 Å². The van der Waals surface area contributed by atoms with Gasteiger partial charge in [-0.05, 0) is 50.5 Å². The summed E-state index contributed by atoms with van der Waals surface area (Å²) in [7, 11) is 3.38. The van der Waals surface area contributed by atoms with Gasteiger partial charge in [0.15, 0.2) is 0 Å². The summed E-state index contributed by atoms with van der Waals surface area (Å²) in [6.45, 7) is 12.3. The molecule has 0 aliphatic rings. The Morgan fingerprint density at radius 3 is 1.91 bits per heavy atom. The van der Waals surface area contributed by atoms with Crippen molar-refractivity contribution in [2.24, 2.45) is 11.8 Å². The molecule has 0 radical (unpaired) electrons. The van der Waals surface area contributed by atoms with Crippen molar-refractivity contribution >= 4 is 11.7 Å². The number of ketones is 1. The van der Waals surface area contributed by atoms with Crippen molar-refractivity contribution in [3.8, 4) is 0 Å². The zero-order chi connectivity index (χ0) is 25.9. The fraction of sp³-hybridized carbons (Fsp3) is 0.724. The first-order valence-corrected chi connectivity index (χ1v) is 13.1. The molecule has 1 rings (SSSR count). The van der Waals surface area contributed by atoms with Crippen molar-refractivity contribution in [3.05, 3.63) is 35.9 Å². The van der Waals surface area contributed by atoms with E-state index in [1.54, 1.807) is 21.1 Å². The molecule has 0 bridgehead atoms. The van der Waals surface area contributed by atoms with Crippen LogP contribution in [0.25, 0.3) is 0 Å². The Balaban J connectivity index is 0.000000770. The van der Waals surface area contributed by atoms with Crippen LogP contribution in [0.3, 0.4) is 0 Å². The van der Waals surface area contributed by atoms with Gasteiger partial charge in [0.05, 0.1) is 18.6 Å². The van der Waals surface area contributed by atoms with Gasteiger partial charge >= 0.3 is 0 Å². The maximum absolute atomic E-state index is 12.2. The number of carbonyl (C=O) groups excluding carboxylic acids is 2. The summed E-state index contributed by atoms with van der Waals surface area (Å²) in [5, 5.41) is 3.09. The van der Waals surface area contributed by atoms with Gasteiger partial charge in [0.25, 0.3) is 0 Å². The van der Waals surface area contributed by atoms with Crippen molar-refractivity contribution in [2.45, 2.75) is 111 Å². The molecule has 1 aromatic rings. The van der Waals surface area contributed by atoms with Crippen molar-refractivity contribution in [1.29, 1.82) is 0 Å². The zero-order valence-corrected chi connectivity index (χ0v) is 23.1. The van der Waals surface area contributed by atoms with Gasteiger partial charge in [-0.3, -0.25) is 9.59 Å². The predicted molar refractivity (Wildman–Crippen MR) is 142 cm³/mol. The Hall–Kier alpha value is -1.72. The van der Waals surface area contributed by atoms with Crippen LogP contribution in [-0.2, 0) is 25.5 Å². The molecule has 1 N–H and O–H groups in total. The molecule has 0 aromatic heterocycles. The number of rotatable bonds is 16. The summed E-state index contributed by atoms with van der Waals surface area (Å²) in [5.74, 6) is 1.20. The lowest BCUT2D eigenvalue weighted by Crippen LogP contribution is -2.37. The number of hydrogen-bond acceptors (Lipinski definition) is 4. The summed E-state index contributed by atoms with van der Waals surface area (Å²) in [4.78, 5) is 23.0. The van der Waals surface area contributed by atoms with Crippen molar-refractivity contribution in [2.75, 3.05) is 14.2 Å². The molecular formula is C29H51NO4. The average molecular weight is 478 g/mol. The highest BCUT2D eigenvalue weighted by atomic mass is 16.5. The molecule has 0 spiro atoms. The number of nitrogens with one attached hydrogen (secondary N) is 1. The predicted octanol–water partition coefficient (Wildman–Crippen LogP) is 6.38. The summed E-state index contributed by atoms with van der Waals surface area (Å²) in [5.41, 5.74) is 1.25. The van der Waals surface area contributed by atoms with E-state index in [-0.39, 0.29) is 29.9 Å². The third kappa shape index (κ3) is 15.2. The van der Waals surface area contributed by atoms with Crippen LogP contribution in [-0.4, -0.2) is 44.2 Å². The van der Waals surface area contributed by atoms with Crippen LogP contribution < -0.4 is 5.32 Å². The molecule has 0 aliphatic carbocycles. The van der Waals surface area contributed by atoms with E-state index in [1.807, 2.05) is 25.1 Å². The molecule has 5 unspecified atom stereocenters. The number of Topliss-reactive ketones (excluding diaryl/α,β-unsaturated/α-hetero) is 1. The van der Waals surface area contributed by atoms with Crippen LogP contribution in [0.1, 0.15) is 92.1 Å². The highest BCUT2D eigenvalue weighted by Gasteiger charge is 2.21. The first-order chi connectivity index (χ1) is 16.2. The Morgan fingerprint density at radius 2 is 1.41 bits per heavy atom. The number of amides is 1. The lowest BCUT2D eigenvalue weighted by molar-refractivity contribution is -0.125. The van der Waals surface area contributed by atoms with Gasteiger partial charge < -0.3 is 14.8 Å². The number of hydrogen-bond donors (Lipinski definition) is 1. The van der Waals surface area contributed by atoms with E-state index in [0.717, 1.165) is 25.7 Å². The lowest BCUT2D eigenvalue weighted by atomic mass is 9.95. The van der Waals surface area contributed by atoms with Gasteiger partial charge in [-0.15, -0.1) is 0 Å². The van der Waals surface area contributed by atoms with Crippen LogP contribution in [0.4, 0.5) is 0 Å².